The molecule has 0 saturated carbocycles. The number of ether oxygens (including phenoxy) is 2. The number of likely N-dealkylation sites (tertiary alicyclic amines) is 1. The zero-order valence-corrected chi connectivity index (χ0v) is 20.3. The number of imidazole rings is 1. The molecule has 1 amide bonds. The van der Waals surface area contributed by atoms with Crippen LogP contribution in [0.2, 0.25) is 0 Å². The molecule has 1 fully saturated rings. The molecule has 0 spiro atoms. The van der Waals surface area contributed by atoms with Gasteiger partial charge in [-0.05, 0) is 59.6 Å². The van der Waals surface area contributed by atoms with E-state index < -0.39 is 11.0 Å². The van der Waals surface area contributed by atoms with Crippen LogP contribution < -0.4 is 5.32 Å². The quantitative estimate of drug-likeness (QED) is 0.665. The van der Waals surface area contributed by atoms with Crippen molar-refractivity contribution in [1.82, 2.24) is 14.5 Å². The van der Waals surface area contributed by atoms with Crippen LogP contribution in [0.4, 0.5) is 10.5 Å². The highest BCUT2D eigenvalue weighted by Gasteiger charge is 2.48. The van der Waals surface area contributed by atoms with Crippen LogP contribution in [-0.4, -0.2) is 38.7 Å². The highest BCUT2D eigenvalue weighted by atomic mass is 16.6. The van der Waals surface area contributed by atoms with Gasteiger partial charge in [-0.1, -0.05) is 18.2 Å². The number of aromatic nitrogens is 2. The number of amides is 1. The summed E-state index contributed by atoms with van der Waals surface area (Å²) in [7, 11) is 0. The van der Waals surface area contributed by atoms with Gasteiger partial charge in [0.05, 0.1) is 17.5 Å². The van der Waals surface area contributed by atoms with Crippen molar-refractivity contribution in [2.45, 2.75) is 72.4 Å². The molecule has 4 rings (SSSR count). The molecular formula is C25H34N4O4. The van der Waals surface area contributed by atoms with E-state index in [1.807, 2.05) is 75.4 Å². The zero-order valence-electron chi connectivity index (χ0n) is 20.3. The largest absolute Gasteiger partial charge is 0.444 e. The summed E-state index contributed by atoms with van der Waals surface area (Å²) >= 11 is 0. The molecule has 1 aromatic carbocycles. The predicted molar refractivity (Wildman–Crippen MR) is 124 cm³/mol. The van der Waals surface area contributed by atoms with Gasteiger partial charge in [0.1, 0.15) is 11.4 Å². The minimum atomic E-state index is -0.576. The van der Waals surface area contributed by atoms with E-state index in [0.717, 1.165) is 23.5 Å². The van der Waals surface area contributed by atoms with E-state index in [0.29, 0.717) is 6.54 Å². The first-order valence-corrected chi connectivity index (χ1v) is 11.5. The Labute approximate surface area is 195 Å². The molecule has 8 nitrogen and oxygen atoms in total. The number of nitrogens with zero attached hydrogens (tertiary/aromatic N) is 3. The molecule has 178 valence electrons. The number of esters is 1. The molecule has 1 saturated heterocycles. The van der Waals surface area contributed by atoms with Crippen LogP contribution in [0.3, 0.4) is 0 Å². The number of hydrogen-bond acceptors (Lipinski definition) is 6. The Morgan fingerprint density at radius 3 is 2.58 bits per heavy atom. The Bertz CT molecular complexity index is 1030. The van der Waals surface area contributed by atoms with E-state index in [9.17, 15) is 9.59 Å². The van der Waals surface area contributed by atoms with Crippen molar-refractivity contribution in [2.24, 2.45) is 11.3 Å². The highest BCUT2D eigenvalue weighted by molar-refractivity contribution is 5.75. The van der Waals surface area contributed by atoms with Crippen molar-refractivity contribution in [2.75, 3.05) is 11.9 Å². The van der Waals surface area contributed by atoms with Gasteiger partial charge in [-0.3, -0.25) is 9.36 Å². The molecule has 2 aliphatic heterocycles. The van der Waals surface area contributed by atoms with Crippen molar-refractivity contribution in [1.29, 1.82) is 0 Å². The number of fused-ring (bicyclic) bond motifs is 3. The Morgan fingerprint density at radius 1 is 1.15 bits per heavy atom. The predicted octanol–water partition coefficient (Wildman–Crippen LogP) is 4.89. The fraction of sp³-hybridized carbons (Fsp3) is 0.560. The van der Waals surface area contributed by atoms with Crippen molar-refractivity contribution < 1.29 is 19.1 Å². The van der Waals surface area contributed by atoms with Crippen molar-refractivity contribution in [3.8, 4) is 0 Å². The second-order valence-corrected chi connectivity index (χ2v) is 10.8. The number of anilines is 1. The number of hydrogen-bond donors (Lipinski definition) is 1. The average molecular weight is 455 g/mol. The van der Waals surface area contributed by atoms with Crippen LogP contribution in [0.5, 0.6) is 0 Å². The van der Waals surface area contributed by atoms with Crippen LogP contribution in [0.15, 0.2) is 36.7 Å². The Balaban J connectivity index is 1.63. The van der Waals surface area contributed by atoms with Gasteiger partial charge in [0, 0.05) is 30.5 Å². The molecule has 1 unspecified atom stereocenters. The van der Waals surface area contributed by atoms with Gasteiger partial charge >= 0.3 is 12.1 Å². The molecule has 0 bridgehead atoms. The van der Waals surface area contributed by atoms with Crippen LogP contribution in [0.1, 0.15) is 71.4 Å². The number of benzene rings is 1. The van der Waals surface area contributed by atoms with Gasteiger partial charge in [0.25, 0.3) is 0 Å². The lowest BCUT2D eigenvalue weighted by Gasteiger charge is -2.39. The number of carbonyl (C=O) groups is 2. The highest BCUT2D eigenvalue weighted by Crippen LogP contribution is 2.51. The van der Waals surface area contributed by atoms with E-state index in [1.165, 1.54) is 0 Å². The molecule has 0 aliphatic carbocycles. The molecular weight excluding hydrogens is 420 g/mol. The molecule has 1 N–H and O–H groups in total. The smallest absolute Gasteiger partial charge is 0.410 e. The van der Waals surface area contributed by atoms with Crippen LogP contribution in [-0.2, 0) is 21.0 Å². The number of para-hydroxylation sites is 1. The molecule has 8 heteroatoms. The third kappa shape index (κ3) is 4.70. The topological polar surface area (TPSA) is 85.7 Å². The Hall–Kier alpha value is -3.03. The van der Waals surface area contributed by atoms with Crippen LogP contribution >= 0.6 is 0 Å². The monoisotopic (exact) mass is 454 g/mol. The number of nitrogens with one attached hydrogen (secondary N) is 1. The summed E-state index contributed by atoms with van der Waals surface area (Å²) in [4.78, 5) is 31.8. The number of carbonyl (C=O) groups excluding carboxylic acids is 2. The fourth-order valence-corrected chi connectivity index (χ4v) is 4.56. The minimum Gasteiger partial charge on any atom is -0.444 e. The summed E-state index contributed by atoms with van der Waals surface area (Å²) < 4.78 is 13.1. The van der Waals surface area contributed by atoms with Gasteiger partial charge in [0.15, 0.2) is 6.73 Å². The molecule has 2 aromatic rings. The van der Waals surface area contributed by atoms with Crippen molar-refractivity contribution in [3.63, 3.8) is 0 Å². The van der Waals surface area contributed by atoms with E-state index in [-0.39, 0.29) is 36.8 Å². The molecule has 33 heavy (non-hydrogen) atoms. The van der Waals surface area contributed by atoms with Crippen molar-refractivity contribution >= 4 is 17.7 Å². The molecule has 1 aromatic heterocycles. The maximum atomic E-state index is 13.1. The van der Waals surface area contributed by atoms with E-state index >= 15 is 0 Å². The first-order valence-electron chi connectivity index (χ1n) is 11.5. The molecule has 0 radical (unpaired) electrons. The second-order valence-electron chi connectivity index (χ2n) is 10.8. The lowest BCUT2D eigenvalue weighted by Crippen LogP contribution is -2.40. The van der Waals surface area contributed by atoms with Gasteiger partial charge in [-0.15, -0.1) is 0 Å². The van der Waals surface area contributed by atoms with Gasteiger partial charge in [-0.25, -0.2) is 9.78 Å². The third-order valence-electron chi connectivity index (χ3n) is 6.06. The Kier molecular flexibility index (Phi) is 5.88. The maximum absolute atomic E-state index is 13.1. The van der Waals surface area contributed by atoms with Crippen LogP contribution in [0.25, 0.3) is 0 Å². The fourth-order valence-electron chi connectivity index (χ4n) is 4.56. The summed E-state index contributed by atoms with van der Waals surface area (Å²) in [5.74, 6) is 0.623. The Morgan fingerprint density at radius 2 is 1.88 bits per heavy atom. The zero-order chi connectivity index (χ0) is 24.0. The molecule has 2 aliphatic rings. The average Bonchev–Trinajstić information content (AvgIpc) is 3.37. The van der Waals surface area contributed by atoms with E-state index in [4.69, 9.17) is 9.47 Å². The first kappa shape index (κ1) is 23.1. The lowest BCUT2D eigenvalue weighted by molar-refractivity contribution is -0.157. The van der Waals surface area contributed by atoms with Gasteiger partial charge in [-0.2, -0.15) is 0 Å². The standard InChI is InChI=1S/C25H34N4O4/c1-24(2,3)22(30)32-15-28-14-12-26-21(28)19-17-11-13-29(23(31)33-25(4,5)6)20(17)16-9-7-8-10-18(16)27-19/h7-10,12,14,17,19-20,27H,11,13,15H2,1-6H3/t17-,19?,20+/m1/s1. The van der Waals surface area contributed by atoms with E-state index in [1.54, 1.807) is 6.20 Å². The van der Waals surface area contributed by atoms with Gasteiger partial charge in [0.2, 0.25) is 0 Å². The van der Waals surface area contributed by atoms with Crippen molar-refractivity contribution in [3.05, 3.63) is 48.0 Å². The normalized spacial score (nSPS) is 22.2. The van der Waals surface area contributed by atoms with E-state index in [2.05, 4.69) is 16.4 Å². The lowest BCUT2D eigenvalue weighted by atomic mass is 9.82. The van der Waals surface area contributed by atoms with Gasteiger partial charge < -0.3 is 19.7 Å². The summed E-state index contributed by atoms with van der Waals surface area (Å²) in [6, 6.07) is 7.81. The summed E-state index contributed by atoms with van der Waals surface area (Å²) in [5.41, 5.74) is 0.918. The minimum absolute atomic E-state index is 0.0957. The molecule has 3 heterocycles. The third-order valence-corrected chi connectivity index (χ3v) is 6.06. The second kappa shape index (κ2) is 8.39. The SMILES string of the molecule is CC(C)(C)OC(=O)N1CC[C@@H]2C(c3nccn3COC(=O)C(C)(C)C)Nc3ccccc3[C@@H]21. The maximum Gasteiger partial charge on any atom is 0.410 e. The summed E-state index contributed by atoms with van der Waals surface area (Å²) in [6.07, 6.45) is 4.05. The first-order chi connectivity index (χ1) is 15.5. The summed E-state index contributed by atoms with van der Waals surface area (Å²) in [6.45, 7) is 11.8. The molecule has 3 atom stereocenters. The summed E-state index contributed by atoms with van der Waals surface area (Å²) in [5, 5.41) is 3.63. The van der Waals surface area contributed by atoms with Crippen LogP contribution in [0, 0.1) is 11.3 Å². The number of rotatable bonds is 3.